The number of aromatic nitrogens is 2. The maximum absolute atomic E-state index is 13.7. The SMILES string of the molecule is COc1cc(C2c3c(-c4c(C)cc(C)cc4O)n[nH]c3C(=O)N2CCCOC(C)C)cc(OC)c1OC. The summed E-state index contributed by atoms with van der Waals surface area (Å²) in [6.07, 6.45) is 0.767. The lowest BCUT2D eigenvalue weighted by atomic mass is 9.92. The number of carbonyl (C=O) groups is 1. The first-order valence-corrected chi connectivity index (χ1v) is 12.3. The monoisotopic (exact) mass is 509 g/mol. The third-order valence-corrected chi connectivity index (χ3v) is 6.56. The van der Waals surface area contributed by atoms with Crippen molar-refractivity contribution >= 4 is 5.91 Å². The number of aryl methyl sites for hydroxylation is 2. The molecule has 0 saturated heterocycles. The van der Waals surface area contributed by atoms with Crippen molar-refractivity contribution in [3.63, 3.8) is 0 Å². The summed E-state index contributed by atoms with van der Waals surface area (Å²) in [5, 5.41) is 18.4. The summed E-state index contributed by atoms with van der Waals surface area (Å²) >= 11 is 0. The summed E-state index contributed by atoms with van der Waals surface area (Å²) < 4.78 is 22.5. The second-order valence-corrected chi connectivity index (χ2v) is 9.47. The van der Waals surface area contributed by atoms with Gasteiger partial charge in [0.1, 0.15) is 17.1 Å². The van der Waals surface area contributed by atoms with Crippen molar-refractivity contribution in [2.24, 2.45) is 0 Å². The Hall–Kier alpha value is -3.72. The van der Waals surface area contributed by atoms with Crippen LogP contribution in [0.15, 0.2) is 24.3 Å². The van der Waals surface area contributed by atoms with Crippen LogP contribution in [0.3, 0.4) is 0 Å². The molecule has 198 valence electrons. The van der Waals surface area contributed by atoms with Crippen LogP contribution in [0.4, 0.5) is 0 Å². The predicted octanol–water partition coefficient (Wildman–Crippen LogP) is 4.79. The van der Waals surface area contributed by atoms with Crippen LogP contribution >= 0.6 is 0 Å². The van der Waals surface area contributed by atoms with E-state index in [1.165, 1.54) is 0 Å². The standard InChI is InChI=1S/C28H35N3O6/c1-15(2)37-10-8-9-31-26(18-13-20(34-5)27(36-7)21(14-18)35-6)23-24(29-30-25(23)28(31)33)22-17(4)11-16(3)12-19(22)32/h11-15,26,32H,8-10H2,1-7H3,(H,29,30). The van der Waals surface area contributed by atoms with E-state index in [-0.39, 0.29) is 17.8 Å². The fourth-order valence-electron chi connectivity index (χ4n) is 5.03. The maximum Gasteiger partial charge on any atom is 0.273 e. The van der Waals surface area contributed by atoms with Crippen molar-refractivity contribution < 1.29 is 28.8 Å². The minimum atomic E-state index is -0.496. The Kier molecular flexibility index (Phi) is 7.63. The number of nitrogens with zero attached hydrogens (tertiary/aromatic N) is 2. The van der Waals surface area contributed by atoms with Crippen LogP contribution < -0.4 is 14.2 Å². The van der Waals surface area contributed by atoms with E-state index in [9.17, 15) is 9.90 Å². The summed E-state index contributed by atoms with van der Waals surface area (Å²) in [6, 6.07) is 6.90. The molecule has 2 aromatic carbocycles. The van der Waals surface area contributed by atoms with Gasteiger partial charge in [0.05, 0.1) is 33.5 Å². The van der Waals surface area contributed by atoms with Gasteiger partial charge in [0.25, 0.3) is 5.91 Å². The number of aromatic amines is 1. The molecule has 3 aromatic rings. The predicted molar refractivity (Wildman–Crippen MR) is 140 cm³/mol. The van der Waals surface area contributed by atoms with Crippen LogP contribution in [0.25, 0.3) is 11.3 Å². The lowest BCUT2D eigenvalue weighted by Crippen LogP contribution is -2.31. The molecular weight excluding hydrogens is 474 g/mol. The van der Waals surface area contributed by atoms with Crippen molar-refractivity contribution in [2.75, 3.05) is 34.5 Å². The summed E-state index contributed by atoms with van der Waals surface area (Å²) in [7, 11) is 4.67. The van der Waals surface area contributed by atoms with Gasteiger partial charge in [0.15, 0.2) is 11.5 Å². The number of nitrogens with one attached hydrogen (secondary N) is 1. The Morgan fingerprint density at radius 1 is 1.05 bits per heavy atom. The van der Waals surface area contributed by atoms with Crippen molar-refractivity contribution in [2.45, 2.75) is 46.3 Å². The zero-order chi connectivity index (χ0) is 26.9. The van der Waals surface area contributed by atoms with Crippen molar-refractivity contribution in [3.8, 4) is 34.3 Å². The van der Waals surface area contributed by atoms with Crippen LogP contribution in [0, 0.1) is 13.8 Å². The normalized spacial score (nSPS) is 14.9. The molecule has 0 spiro atoms. The Morgan fingerprint density at radius 2 is 1.73 bits per heavy atom. The number of benzene rings is 2. The van der Waals surface area contributed by atoms with E-state index in [2.05, 4.69) is 10.2 Å². The average molecular weight is 510 g/mol. The summed E-state index contributed by atoms with van der Waals surface area (Å²) in [5.41, 5.74) is 4.82. The van der Waals surface area contributed by atoms with Crippen LogP contribution in [0.1, 0.15) is 59.1 Å². The van der Waals surface area contributed by atoms with Crippen LogP contribution in [0.5, 0.6) is 23.0 Å². The third-order valence-electron chi connectivity index (χ3n) is 6.56. The molecule has 4 rings (SSSR count). The number of fused-ring (bicyclic) bond motifs is 1. The number of carbonyl (C=O) groups excluding carboxylic acids is 1. The molecule has 2 N–H and O–H groups in total. The van der Waals surface area contributed by atoms with Gasteiger partial charge in [-0.25, -0.2) is 0 Å². The number of phenols is 1. The van der Waals surface area contributed by atoms with Crippen LogP contribution in [0.2, 0.25) is 0 Å². The number of phenolic OH excluding ortho intramolecular Hbond substituents is 1. The minimum Gasteiger partial charge on any atom is -0.507 e. The van der Waals surface area contributed by atoms with E-state index in [1.807, 2.05) is 45.9 Å². The summed E-state index contributed by atoms with van der Waals surface area (Å²) in [6.45, 7) is 8.82. The highest BCUT2D eigenvalue weighted by Crippen LogP contribution is 2.48. The number of ether oxygens (including phenoxy) is 4. The molecule has 1 atom stereocenters. The molecule has 9 heteroatoms. The number of hydrogen-bond acceptors (Lipinski definition) is 7. The Labute approximate surface area is 217 Å². The summed E-state index contributed by atoms with van der Waals surface area (Å²) in [4.78, 5) is 15.5. The Balaban J connectivity index is 1.88. The van der Waals surface area contributed by atoms with E-state index in [0.29, 0.717) is 59.3 Å². The first-order valence-electron chi connectivity index (χ1n) is 12.3. The Bertz CT molecular complexity index is 1250. The molecule has 0 fully saturated rings. The van der Waals surface area contributed by atoms with Gasteiger partial charge in [-0.1, -0.05) is 6.07 Å². The van der Waals surface area contributed by atoms with E-state index < -0.39 is 6.04 Å². The Morgan fingerprint density at radius 3 is 2.30 bits per heavy atom. The largest absolute Gasteiger partial charge is 0.507 e. The van der Waals surface area contributed by atoms with Gasteiger partial charge in [-0.3, -0.25) is 9.89 Å². The fourth-order valence-corrected chi connectivity index (χ4v) is 5.03. The topological polar surface area (TPSA) is 106 Å². The van der Waals surface area contributed by atoms with Gasteiger partial charge in [0, 0.05) is 24.3 Å². The average Bonchev–Trinajstić information content (AvgIpc) is 3.39. The molecule has 0 saturated carbocycles. The second kappa shape index (κ2) is 10.7. The van der Waals surface area contributed by atoms with Gasteiger partial charge in [0.2, 0.25) is 5.75 Å². The van der Waals surface area contributed by atoms with Gasteiger partial charge < -0.3 is 29.0 Å². The van der Waals surface area contributed by atoms with Gasteiger partial charge in [-0.05, 0) is 69.0 Å². The van der Waals surface area contributed by atoms with Crippen LogP contribution in [-0.4, -0.2) is 66.7 Å². The molecule has 0 aliphatic carbocycles. The molecule has 1 amide bonds. The molecule has 9 nitrogen and oxygen atoms in total. The maximum atomic E-state index is 13.7. The molecule has 1 unspecified atom stereocenters. The van der Waals surface area contributed by atoms with E-state index in [1.54, 1.807) is 32.3 Å². The number of hydrogen-bond donors (Lipinski definition) is 2. The molecule has 37 heavy (non-hydrogen) atoms. The third kappa shape index (κ3) is 4.83. The van der Waals surface area contributed by atoms with Crippen molar-refractivity contribution in [1.29, 1.82) is 0 Å². The molecule has 0 bridgehead atoms. The number of rotatable bonds is 10. The highest BCUT2D eigenvalue weighted by molar-refractivity contribution is 6.00. The van der Waals surface area contributed by atoms with Crippen LogP contribution in [-0.2, 0) is 4.74 Å². The molecular formula is C28H35N3O6. The van der Waals surface area contributed by atoms with E-state index in [4.69, 9.17) is 18.9 Å². The zero-order valence-electron chi connectivity index (χ0n) is 22.5. The molecule has 1 aliphatic rings. The van der Waals surface area contributed by atoms with Gasteiger partial charge >= 0.3 is 0 Å². The smallest absolute Gasteiger partial charge is 0.273 e. The molecule has 2 heterocycles. The molecule has 0 radical (unpaired) electrons. The fraction of sp³-hybridized carbons (Fsp3) is 0.429. The van der Waals surface area contributed by atoms with Gasteiger partial charge in [-0.15, -0.1) is 0 Å². The van der Waals surface area contributed by atoms with E-state index >= 15 is 0 Å². The number of H-pyrrole nitrogens is 1. The minimum absolute atomic E-state index is 0.108. The molecule has 1 aromatic heterocycles. The highest BCUT2D eigenvalue weighted by Gasteiger charge is 2.43. The summed E-state index contributed by atoms with van der Waals surface area (Å²) in [5.74, 6) is 1.39. The number of amides is 1. The number of methoxy groups -OCH3 is 3. The quantitative estimate of drug-likeness (QED) is 0.379. The lowest BCUT2D eigenvalue weighted by molar-refractivity contribution is 0.0601. The first-order chi connectivity index (χ1) is 17.7. The van der Waals surface area contributed by atoms with Crippen molar-refractivity contribution in [3.05, 3.63) is 52.2 Å². The zero-order valence-corrected chi connectivity index (χ0v) is 22.5. The number of aromatic hydroxyl groups is 1. The van der Waals surface area contributed by atoms with Crippen molar-refractivity contribution in [1.82, 2.24) is 15.1 Å². The van der Waals surface area contributed by atoms with Gasteiger partial charge in [-0.2, -0.15) is 5.10 Å². The van der Waals surface area contributed by atoms with E-state index in [0.717, 1.165) is 16.7 Å². The first kappa shape index (κ1) is 26.3. The lowest BCUT2D eigenvalue weighted by Gasteiger charge is -2.28. The highest BCUT2D eigenvalue weighted by atomic mass is 16.5. The molecule has 1 aliphatic heterocycles. The second-order valence-electron chi connectivity index (χ2n) is 9.47.